The second-order valence-corrected chi connectivity index (χ2v) is 7.94. The lowest BCUT2D eigenvalue weighted by Crippen LogP contribution is -2.31. The van der Waals surface area contributed by atoms with Gasteiger partial charge in [0.1, 0.15) is 39.3 Å². The lowest BCUT2D eigenvalue weighted by Gasteiger charge is -2.18. The van der Waals surface area contributed by atoms with Gasteiger partial charge in [0.15, 0.2) is 11.2 Å². The third-order valence-electron chi connectivity index (χ3n) is 4.85. The van der Waals surface area contributed by atoms with Gasteiger partial charge in [0.25, 0.3) is 5.56 Å². The minimum atomic E-state index is -0.876. The zero-order valence-electron chi connectivity index (χ0n) is 22.7. The van der Waals surface area contributed by atoms with Gasteiger partial charge in [-0.15, -0.1) is 0 Å². The first-order valence-corrected chi connectivity index (χ1v) is 12.4. The molecule has 0 bridgehead atoms. The molecule has 0 saturated heterocycles. The van der Waals surface area contributed by atoms with Gasteiger partial charge in [-0.2, -0.15) is 4.98 Å². The largest absolute Gasteiger partial charge is 0.461 e. The van der Waals surface area contributed by atoms with Crippen molar-refractivity contribution in [1.29, 1.82) is 0 Å². The third kappa shape index (κ3) is 13.2. The highest BCUT2D eigenvalue weighted by Gasteiger charge is 2.18. The van der Waals surface area contributed by atoms with Crippen LogP contribution in [0.25, 0.3) is 11.2 Å². The molecule has 2 aromatic rings. The van der Waals surface area contributed by atoms with Crippen LogP contribution in [0, 0.1) is 0 Å². The number of anilines is 1. The second kappa shape index (κ2) is 19.8. The van der Waals surface area contributed by atoms with E-state index in [4.69, 9.17) is 48.4 Å². The van der Waals surface area contributed by atoms with E-state index in [9.17, 15) is 14.4 Å². The molecule has 3 N–H and O–H groups in total. The van der Waals surface area contributed by atoms with E-state index < -0.39 is 23.6 Å². The van der Waals surface area contributed by atoms with Crippen molar-refractivity contribution in [1.82, 2.24) is 19.5 Å². The predicted octanol–water partition coefficient (Wildman–Crippen LogP) is -1.51. The fourth-order valence-electron chi connectivity index (χ4n) is 2.89. The van der Waals surface area contributed by atoms with E-state index in [-0.39, 0.29) is 63.5 Å². The summed E-state index contributed by atoms with van der Waals surface area (Å²) in [6, 6.07) is 0. The summed E-state index contributed by atoms with van der Waals surface area (Å²) in [7, 11) is 3.13. The molecule has 0 unspecified atom stereocenters. The van der Waals surface area contributed by atoms with E-state index in [1.807, 2.05) is 0 Å². The fourth-order valence-corrected chi connectivity index (χ4v) is 2.89. The molecule has 0 saturated carbocycles. The summed E-state index contributed by atoms with van der Waals surface area (Å²) in [5.41, 5.74) is 5.37. The number of nitrogens with two attached hydrogens (primary N) is 1. The first-order chi connectivity index (χ1) is 19.4. The molecule has 0 aromatic carbocycles. The van der Waals surface area contributed by atoms with Gasteiger partial charge in [-0.05, 0) is 0 Å². The summed E-state index contributed by atoms with van der Waals surface area (Å²) in [6.07, 6.45) is 0.464. The molecule has 2 heterocycles. The van der Waals surface area contributed by atoms with E-state index in [0.29, 0.717) is 39.6 Å². The Morgan fingerprint density at radius 3 is 1.95 bits per heavy atom. The van der Waals surface area contributed by atoms with Crippen molar-refractivity contribution in [3.8, 4) is 0 Å². The first-order valence-electron chi connectivity index (χ1n) is 12.4. The van der Waals surface area contributed by atoms with Gasteiger partial charge < -0.3 is 48.4 Å². The van der Waals surface area contributed by atoms with Gasteiger partial charge in [-0.25, -0.2) is 14.6 Å². The molecule has 0 atom stereocenters. The van der Waals surface area contributed by atoms with Gasteiger partial charge in [0.05, 0.1) is 59.2 Å². The maximum atomic E-state index is 12.1. The normalized spacial score (nSPS) is 11.4. The monoisotopic (exact) mass is 575 g/mol. The van der Waals surface area contributed by atoms with Gasteiger partial charge in [0.2, 0.25) is 5.95 Å². The van der Waals surface area contributed by atoms with E-state index in [1.54, 1.807) is 14.2 Å². The molecule has 17 nitrogen and oxygen atoms in total. The maximum Gasteiger partial charge on any atom is 0.332 e. The number of aromatic amines is 1. The lowest BCUT2D eigenvalue weighted by atomic mass is 10.4. The molecule has 0 fully saturated rings. The van der Waals surface area contributed by atoms with Gasteiger partial charge in [-0.3, -0.25) is 14.3 Å². The molecule has 0 aliphatic rings. The third-order valence-corrected chi connectivity index (χ3v) is 4.85. The van der Waals surface area contributed by atoms with E-state index in [0.717, 1.165) is 0 Å². The summed E-state index contributed by atoms with van der Waals surface area (Å²) < 4.78 is 48.3. The number of hydrogen-bond donors (Lipinski definition) is 2. The quantitative estimate of drug-likeness (QED) is 0.114. The maximum absolute atomic E-state index is 12.1. The molecule has 0 spiro atoms. The number of methoxy groups -OCH3 is 2. The van der Waals surface area contributed by atoms with Crippen molar-refractivity contribution in [3.63, 3.8) is 0 Å². The van der Waals surface area contributed by atoms with Crippen molar-refractivity contribution in [2.45, 2.75) is 12.8 Å². The molecule has 2 aromatic heterocycles. The van der Waals surface area contributed by atoms with Crippen LogP contribution in [0.3, 0.4) is 0 Å². The van der Waals surface area contributed by atoms with Gasteiger partial charge >= 0.3 is 11.9 Å². The Labute approximate surface area is 230 Å². The van der Waals surface area contributed by atoms with Crippen molar-refractivity contribution < 1.29 is 52.2 Å². The van der Waals surface area contributed by atoms with E-state index in [2.05, 4.69) is 15.0 Å². The Bertz CT molecular complexity index is 1030. The minimum Gasteiger partial charge on any atom is -0.461 e. The average molecular weight is 576 g/mol. The van der Waals surface area contributed by atoms with Crippen molar-refractivity contribution in [2.75, 3.05) is 99.2 Å². The van der Waals surface area contributed by atoms with Gasteiger partial charge in [-0.1, -0.05) is 0 Å². The van der Waals surface area contributed by atoms with Crippen molar-refractivity contribution >= 4 is 29.1 Å². The second-order valence-electron chi connectivity index (χ2n) is 7.94. The Morgan fingerprint density at radius 1 is 0.875 bits per heavy atom. The minimum absolute atomic E-state index is 0.0684. The van der Waals surface area contributed by atoms with Crippen molar-refractivity contribution in [2.24, 2.45) is 0 Å². The zero-order valence-corrected chi connectivity index (χ0v) is 22.7. The van der Waals surface area contributed by atoms with E-state index in [1.165, 1.54) is 10.9 Å². The topological polar surface area (TPSA) is 207 Å². The summed E-state index contributed by atoms with van der Waals surface area (Å²) >= 11 is 0. The molecule has 226 valence electrons. The van der Waals surface area contributed by atoms with Crippen LogP contribution in [0.4, 0.5) is 5.95 Å². The van der Waals surface area contributed by atoms with Crippen LogP contribution in [0.1, 0.15) is 0 Å². The van der Waals surface area contributed by atoms with Crippen LogP contribution in [-0.2, 0) is 59.0 Å². The molecule has 0 aliphatic carbocycles. The summed E-state index contributed by atoms with van der Waals surface area (Å²) in [4.78, 5) is 46.6. The number of carbonyl (C=O) groups excluding carboxylic acids is 2. The number of carbonyl (C=O) groups is 2. The van der Waals surface area contributed by atoms with Crippen LogP contribution in [0.15, 0.2) is 11.1 Å². The number of nitrogen functional groups attached to an aromatic ring is 1. The molecule has 2 rings (SSSR count). The lowest BCUT2D eigenvalue weighted by molar-refractivity contribution is -0.163. The Balaban J connectivity index is 1.82. The number of H-pyrrole nitrogens is 1. The highest BCUT2D eigenvalue weighted by atomic mass is 16.6. The molecule has 0 amide bonds. The highest BCUT2D eigenvalue weighted by molar-refractivity contribution is 5.71. The summed E-state index contributed by atoms with van der Waals surface area (Å²) in [6.45, 7) is 1.43. The number of rotatable bonds is 23. The molecule has 0 radical (unpaired) electrons. The number of fused-ring (bicyclic) bond motifs is 1. The average Bonchev–Trinajstić information content (AvgIpc) is 3.34. The Kier molecular flexibility index (Phi) is 16.3. The van der Waals surface area contributed by atoms with Crippen LogP contribution >= 0.6 is 0 Å². The van der Waals surface area contributed by atoms with Crippen LogP contribution in [-0.4, -0.2) is 131 Å². The van der Waals surface area contributed by atoms with Crippen molar-refractivity contribution in [3.05, 3.63) is 16.7 Å². The molecule has 17 heteroatoms. The number of esters is 2. The van der Waals surface area contributed by atoms with Crippen LogP contribution < -0.4 is 11.3 Å². The first kappa shape index (κ1) is 33.0. The van der Waals surface area contributed by atoms with E-state index >= 15 is 0 Å². The molecule has 0 aliphatic heterocycles. The number of imidazole rings is 1. The molecular formula is C23H37N5O12. The Hall–Kier alpha value is -3.19. The number of ether oxygens (including phenoxy) is 9. The highest BCUT2D eigenvalue weighted by Crippen LogP contribution is 2.08. The molecule has 40 heavy (non-hydrogen) atoms. The number of aromatic nitrogens is 4. The summed E-state index contributed by atoms with van der Waals surface area (Å²) in [5.74, 6) is -1.39. The number of hydrogen-bond acceptors (Lipinski definition) is 15. The standard InChI is InChI=1S/C23H37N5O12/c1-32-3-5-34-7-9-36-13-18(29)38-11-17(12-39-19(30)14-37-10-8-35-6-4-33-2)40-16-28-15-25-20-21(28)26-23(24)27-22(20)31/h15,17H,3-14,16H2,1-2H3,(H3,24,26,27,31). The van der Waals surface area contributed by atoms with Crippen LogP contribution in [0.5, 0.6) is 0 Å². The fraction of sp³-hybridized carbons (Fsp3) is 0.696. The summed E-state index contributed by atoms with van der Waals surface area (Å²) in [5, 5.41) is 0. The molecular weight excluding hydrogens is 538 g/mol. The predicted molar refractivity (Wildman–Crippen MR) is 136 cm³/mol. The number of nitrogens with zero attached hydrogens (tertiary/aromatic N) is 3. The smallest absolute Gasteiger partial charge is 0.332 e. The Morgan fingerprint density at radius 2 is 1.40 bits per heavy atom. The van der Waals surface area contributed by atoms with Gasteiger partial charge in [0, 0.05) is 14.2 Å². The SMILES string of the molecule is COCCOCCOCC(=O)OCC(COC(=O)COCCOCCOC)OCn1cnc2c(=O)[nH]c(N)nc21. The number of nitrogens with one attached hydrogen (secondary N) is 1. The van der Waals surface area contributed by atoms with Crippen LogP contribution in [0.2, 0.25) is 0 Å². The zero-order chi connectivity index (χ0) is 29.0.